The van der Waals surface area contributed by atoms with Crippen LogP contribution in [0.2, 0.25) is 0 Å². The Balaban J connectivity index is 1.47. The molecule has 1 amide bonds. The summed E-state index contributed by atoms with van der Waals surface area (Å²) >= 11 is 0. The second-order valence-electron chi connectivity index (χ2n) is 25.3. The van der Waals surface area contributed by atoms with Gasteiger partial charge in [0, 0.05) is 6.42 Å². The summed E-state index contributed by atoms with van der Waals surface area (Å²) in [4.78, 5) is 13.4. The molecule has 0 aliphatic carbocycles. The van der Waals surface area contributed by atoms with Gasteiger partial charge in [-0.1, -0.05) is 238 Å². The molecule has 12 N–H and O–H groups in total. The predicted octanol–water partition coefficient (Wildman–Crippen LogP) is 10.4. The van der Waals surface area contributed by atoms with Crippen LogP contribution in [0, 0.1) is 0 Å². The minimum absolute atomic E-state index is 0.144. The van der Waals surface area contributed by atoms with E-state index in [0.29, 0.717) is 19.3 Å². The summed E-state index contributed by atoms with van der Waals surface area (Å²) in [5.41, 5.74) is 0. The molecule has 0 aromatic heterocycles. The van der Waals surface area contributed by atoms with Gasteiger partial charge in [-0.3, -0.25) is 4.79 Å². The lowest BCUT2D eigenvalue weighted by atomic mass is 9.96. The molecule has 0 aromatic carbocycles. The van der Waals surface area contributed by atoms with E-state index in [2.05, 4.69) is 122 Å². The minimum Gasteiger partial charge on any atom is -0.394 e. The van der Waals surface area contributed by atoms with Gasteiger partial charge >= 0.3 is 0 Å². The molecule has 3 saturated heterocycles. The number of allylic oxidation sites excluding steroid dienone is 19. The first-order chi connectivity index (χ1) is 46.3. The maximum Gasteiger partial charge on any atom is 0.220 e. The summed E-state index contributed by atoms with van der Waals surface area (Å²) < 4.78 is 34.3. The van der Waals surface area contributed by atoms with Crippen LogP contribution in [0.25, 0.3) is 0 Å². The zero-order valence-corrected chi connectivity index (χ0v) is 57.6. The van der Waals surface area contributed by atoms with Crippen LogP contribution in [0.4, 0.5) is 0 Å². The van der Waals surface area contributed by atoms with Crippen LogP contribution < -0.4 is 5.32 Å². The van der Waals surface area contributed by atoms with Gasteiger partial charge in [-0.15, -0.1) is 0 Å². The van der Waals surface area contributed by atoms with Gasteiger partial charge in [0.05, 0.1) is 38.6 Å². The quantitative estimate of drug-likeness (QED) is 0.0199. The average molecular weight is 1340 g/mol. The largest absolute Gasteiger partial charge is 0.394 e. The number of amides is 1. The Morgan fingerprint density at radius 2 is 0.737 bits per heavy atom. The fourth-order valence-electron chi connectivity index (χ4n) is 11.4. The molecule has 19 nitrogen and oxygen atoms in total. The van der Waals surface area contributed by atoms with E-state index in [1.54, 1.807) is 6.08 Å². The first-order valence-corrected chi connectivity index (χ1v) is 36.3. The second-order valence-corrected chi connectivity index (χ2v) is 25.3. The fourth-order valence-corrected chi connectivity index (χ4v) is 11.4. The van der Waals surface area contributed by atoms with Gasteiger partial charge < -0.3 is 89.9 Å². The van der Waals surface area contributed by atoms with Crippen molar-refractivity contribution in [1.82, 2.24) is 5.32 Å². The van der Waals surface area contributed by atoms with E-state index in [-0.39, 0.29) is 12.3 Å². The molecule has 3 aliphatic rings. The standard InChI is InChI=1S/C76H127NO18/c1-3-5-7-9-11-13-15-17-19-21-23-25-27-28-29-30-32-33-35-37-39-41-43-45-47-49-51-53-60(81)59(77-64(82)54-52-50-48-46-44-42-40-38-36-34-31-26-24-22-20-18-16-14-12-10-8-6-4-2)58-90-74-70(88)67(85)72(62(56-79)92-74)95-76-71(89)68(86)73(63(57-80)93-76)94-75-69(87)66(84)65(83)61(55-78)91-75/h6,8,12,14,18,20,24,26,34-37,40,42-43,45-46,48,51,53,59-63,65-76,78-81,83-89H,3-5,7,9-11,13,15-17,19,21-23,25,27-33,38-39,41,44,47,49-50,52,54-58H2,1-2H3,(H,77,82)/b8-6-,14-12-,20-18-,26-24-,36-34-,37-35+,42-40-,45-43+,48-46-,53-51+. The van der Waals surface area contributed by atoms with E-state index in [1.165, 1.54) is 109 Å². The number of nitrogens with one attached hydrogen (secondary N) is 1. The Kier molecular flexibility index (Phi) is 50.3. The van der Waals surface area contributed by atoms with Gasteiger partial charge in [0.15, 0.2) is 18.9 Å². The molecule has 3 heterocycles. The van der Waals surface area contributed by atoms with E-state index < -0.39 is 131 Å². The summed E-state index contributed by atoms with van der Waals surface area (Å²) in [6.07, 6.45) is 50.4. The van der Waals surface area contributed by atoms with E-state index in [0.717, 1.165) is 70.6 Å². The van der Waals surface area contributed by atoms with Gasteiger partial charge in [-0.05, 0) is 96.3 Å². The van der Waals surface area contributed by atoms with E-state index >= 15 is 0 Å². The highest BCUT2D eigenvalue weighted by atomic mass is 16.8. The van der Waals surface area contributed by atoms with Gasteiger partial charge in [0.2, 0.25) is 5.91 Å². The SMILES string of the molecule is CC/C=C\C/C=C\C/C=C\C/C=C\C/C=C\C/C=C\C/C=C\CCCC(=O)NC(COC1OC(CO)C(OC2OC(CO)C(OC3OC(CO)C(O)C(O)C3O)C(O)C2O)C(O)C1O)C(O)/C=C/CC/C=C/CC/C=C/CCCCCCCCCCCCCCCCCCC. The molecule has 0 spiro atoms. The lowest BCUT2D eigenvalue weighted by Gasteiger charge is -2.48. The smallest absolute Gasteiger partial charge is 0.220 e. The van der Waals surface area contributed by atoms with Crippen LogP contribution in [0.5, 0.6) is 0 Å². The third-order valence-corrected chi connectivity index (χ3v) is 17.2. The maximum atomic E-state index is 13.4. The first kappa shape index (κ1) is 85.4. The average Bonchev–Trinajstić information content (AvgIpc) is 0.787. The highest BCUT2D eigenvalue weighted by Gasteiger charge is 2.53. The molecule has 3 fully saturated rings. The normalized spacial score (nSPS) is 27.9. The van der Waals surface area contributed by atoms with Crippen molar-refractivity contribution in [3.63, 3.8) is 0 Å². The minimum atomic E-state index is -2.00. The maximum absolute atomic E-state index is 13.4. The molecule has 3 aliphatic heterocycles. The molecule has 17 atom stereocenters. The number of ether oxygens (including phenoxy) is 6. The number of unbranched alkanes of at least 4 members (excludes halogenated alkanes) is 20. The number of hydrogen-bond donors (Lipinski definition) is 12. The van der Waals surface area contributed by atoms with Crippen molar-refractivity contribution >= 4 is 5.91 Å². The predicted molar refractivity (Wildman–Crippen MR) is 373 cm³/mol. The van der Waals surface area contributed by atoms with Gasteiger partial charge in [0.25, 0.3) is 0 Å². The summed E-state index contributed by atoms with van der Waals surface area (Å²) in [5, 5.41) is 121. The van der Waals surface area contributed by atoms with E-state index in [9.17, 15) is 61.0 Å². The van der Waals surface area contributed by atoms with Gasteiger partial charge in [-0.25, -0.2) is 0 Å². The van der Waals surface area contributed by atoms with Crippen molar-refractivity contribution in [2.24, 2.45) is 0 Å². The lowest BCUT2D eigenvalue weighted by Crippen LogP contribution is -2.66. The summed E-state index contributed by atoms with van der Waals surface area (Å²) in [5.74, 6) is -0.351. The third kappa shape index (κ3) is 37.3. The first-order valence-electron chi connectivity index (χ1n) is 36.3. The lowest BCUT2D eigenvalue weighted by molar-refractivity contribution is -0.379. The molecular weight excluding hydrogens is 1210 g/mol. The highest BCUT2D eigenvalue weighted by Crippen LogP contribution is 2.33. The number of rotatable bonds is 54. The zero-order chi connectivity index (χ0) is 68.9. The number of aliphatic hydroxyl groups is 11. The zero-order valence-electron chi connectivity index (χ0n) is 57.6. The molecule has 0 bridgehead atoms. The van der Waals surface area contributed by atoms with Crippen LogP contribution in [0.3, 0.4) is 0 Å². The van der Waals surface area contributed by atoms with Crippen molar-refractivity contribution in [3.8, 4) is 0 Å². The summed E-state index contributed by atoms with van der Waals surface area (Å²) in [7, 11) is 0. The molecule has 19 heteroatoms. The molecule has 0 radical (unpaired) electrons. The Morgan fingerprint density at radius 3 is 1.18 bits per heavy atom. The Bertz CT molecular complexity index is 2190. The molecule has 17 unspecified atom stereocenters. The second kappa shape index (κ2) is 56.0. The van der Waals surface area contributed by atoms with Crippen LogP contribution >= 0.6 is 0 Å². The summed E-state index contributed by atoms with van der Waals surface area (Å²) in [6, 6.07) is -1.04. The van der Waals surface area contributed by atoms with E-state index in [4.69, 9.17) is 28.4 Å². The molecule has 0 saturated carbocycles. The third-order valence-electron chi connectivity index (χ3n) is 17.2. The van der Waals surface area contributed by atoms with Crippen molar-refractivity contribution < 1.29 is 89.4 Å². The Hall–Kier alpha value is -3.81. The van der Waals surface area contributed by atoms with Crippen LogP contribution in [0.15, 0.2) is 122 Å². The van der Waals surface area contributed by atoms with Crippen molar-refractivity contribution in [2.45, 2.75) is 324 Å². The van der Waals surface area contributed by atoms with Crippen molar-refractivity contribution in [2.75, 3.05) is 26.4 Å². The number of carbonyl (C=O) groups excluding carboxylic acids is 1. The van der Waals surface area contributed by atoms with Crippen LogP contribution in [-0.2, 0) is 33.2 Å². The fraction of sp³-hybridized carbons (Fsp3) is 0.724. The Labute approximate surface area is 569 Å². The molecular formula is C76H127NO18. The Morgan fingerprint density at radius 1 is 0.389 bits per heavy atom. The van der Waals surface area contributed by atoms with Gasteiger partial charge in [-0.2, -0.15) is 0 Å². The molecule has 95 heavy (non-hydrogen) atoms. The van der Waals surface area contributed by atoms with Crippen LogP contribution in [0.1, 0.15) is 219 Å². The molecule has 544 valence electrons. The molecule has 3 rings (SSSR count). The van der Waals surface area contributed by atoms with Crippen LogP contribution in [-0.4, -0.2) is 193 Å². The number of aliphatic hydroxyl groups excluding tert-OH is 11. The van der Waals surface area contributed by atoms with E-state index in [1.807, 2.05) is 12.2 Å². The molecule has 0 aromatic rings. The van der Waals surface area contributed by atoms with Crippen molar-refractivity contribution in [1.29, 1.82) is 0 Å². The number of hydrogen-bond acceptors (Lipinski definition) is 18. The highest BCUT2D eigenvalue weighted by molar-refractivity contribution is 5.76. The van der Waals surface area contributed by atoms with Crippen molar-refractivity contribution in [3.05, 3.63) is 122 Å². The topological polar surface area (TPSA) is 307 Å². The monoisotopic (exact) mass is 1340 g/mol. The van der Waals surface area contributed by atoms with Gasteiger partial charge in [0.1, 0.15) is 73.2 Å². The summed E-state index contributed by atoms with van der Waals surface area (Å²) in [6.45, 7) is 1.55. The number of carbonyl (C=O) groups is 1.